The van der Waals surface area contributed by atoms with E-state index in [0.29, 0.717) is 24.3 Å². The topological polar surface area (TPSA) is 63.3 Å². The second kappa shape index (κ2) is 3.88. The van der Waals surface area contributed by atoms with Crippen LogP contribution in [-0.2, 0) is 4.79 Å². The highest BCUT2D eigenvalue weighted by molar-refractivity contribution is 5.68. The zero-order chi connectivity index (χ0) is 11.9. The number of nitrogens with two attached hydrogens (primary N) is 1. The average molecular weight is 223 g/mol. The van der Waals surface area contributed by atoms with Crippen LogP contribution in [0.25, 0.3) is 0 Å². The van der Waals surface area contributed by atoms with Crippen molar-refractivity contribution in [2.45, 2.75) is 33.1 Å². The van der Waals surface area contributed by atoms with Gasteiger partial charge in [-0.15, -0.1) is 0 Å². The van der Waals surface area contributed by atoms with Crippen LogP contribution in [0.15, 0.2) is 11.6 Å². The summed E-state index contributed by atoms with van der Waals surface area (Å²) in [5, 5.41) is 8.96. The van der Waals surface area contributed by atoms with Crippen LogP contribution < -0.4 is 5.73 Å². The Bertz CT molecular complexity index is 335. The van der Waals surface area contributed by atoms with Crippen molar-refractivity contribution in [3.8, 4) is 0 Å². The smallest absolute Gasteiger partial charge is 0.303 e. The van der Waals surface area contributed by atoms with Crippen molar-refractivity contribution >= 4 is 5.97 Å². The van der Waals surface area contributed by atoms with Gasteiger partial charge in [0.1, 0.15) is 0 Å². The molecule has 0 radical (unpaired) electrons. The van der Waals surface area contributed by atoms with Crippen molar-refractivity contribution in [2.24, 2.45) is 28.9 Å². The minimum Gasteiger partial charge on any atom is -0.481 e. The summed E-state index contributed by atoms with van der Waals surface area (Å²) in [6, 6.07) is 0. The molecule has 0 aromatic rings. The number of aliphatic carboxylic acids is 1. The summed E-state index contributed by atoms with van der Waals surface area (Å²) in [7, 11) is 0. The van der Waals surface area contributed by atoms with Crippen molar-refractivity contribution in [3.05, 3.63) is 11.6 Å². The highest BCUT2D eigenvalue weighted by Gasteiger charge is 2.55. The number of allylic oxidation sites excluding steroid dienone is 2. The van der Waals surface area contributed by atoms with Crippen molar-refractivity contribution in [3.63, 3.8) is 0 Å². The van der Waals surface area contributed by atoms with E-state index in [1.54, 1.807) is 0 Å². The van der Waals surface area contributed by atoms with Gasteiger partial charge in [0, 0.05) is 0 Å². The molecule has 3 atom stereocenters. The first-order chi connectivity index (χ1) is 7.48. The molecule has 0 unspecified atom stereocenters. The van der Waals surface area contributed by atoms with Gasteiger partial charge in [0.15, 0.2) is 0 Å². The molecule has 1 fully saturated rings. The Kier molecular flexibility index (Phi) is 2.82. The molecule has 2 aliphatic carbocycles. The van der Waals surface area contributed by atoms with E-state index < -0.39 is 5.97 Å². The van der Waals surface area contributed by atoms with Gasteiger partial charge in [-0.25, -0.2) is 0 Å². The monoisotopic (exact) mass is 223 g/mol. The standard InChI is InChI=1S/C13H21NO2/c1-8(2)9-3-10-5-13(7-14,6-12(15)16)11(10)4-9/h4,8,10-11H,3,5-7,14H2,1-2H3,(H,15,16)/t10-,11-,13-/m0/s1. The molecule has 1 saturated carbocycles. The second-order valence-corrected chi connectivity index (χ2v) is 5.73. The molecular formula is C13H21NO2. The van der Waals surface area contributed by atoms with Gasteiger partial charge in [-0.3, -0.25) is 4.79 Å². The van der Waals surface area contributed by atoms with Crippen LogP contribution in [0.4, 0.5) is 0 Å². The SMILES string of the molecule is CC(C)C1=C[C@H]2[C@@H](C1)C[C@@]2(CN)CC(=O)O. The Labute approximate surface area is 96.7 Å². The number of rotatable bonds is 4. The molecule has 3 N–H and O–H groups in total. The first-order valence-electron chi connectivity index (χ1n) is 6.11. The maximum atomic E-state index is 10.9. The molecule has 0 heterocycles. The van der Waals surface area contributed by atoms with Crippen molar-refractivity contribution in [1.82, 2.24) is 0 Å². The minimum absolute atomic E-state index is 0.146. The molecule has 0 aliphatic heterocycles. The van der Waals surface area contributed by atoms with Gasteiger partial charge in [-0.2, -0.15) is 0 Å². The van der Waals surface area contributed by atoms with Crippen molar-refractivity contribution in [1.29, 1.82) is 0 Å². The van der Waals surface area contributed by atoms with Gasteiger partial charge in [0.2, 0.25) is 0 Å². The molecule has 0 aromatic heterocycles. The zero-order valence-electron chi connectivity index (χ0n) is 10.1. The van der Waals surface area contributed by atoms with E-state index in [1.165, 1.54) is 5.57 Å². The summed E-state index contributed by atoms with van der Waals surface area (Å²) >= 11 is 0. The Balaban J connectivity index is 2.13. The van der Waals surface area contributed by atoms with E-state index in [1.807, 2.05) is 0 Å². The fourth-order valence-electron chi connectivity index (χ4n) is 3.45. The number of carboxylic acids is 1. The summed E-state index contributed by atoms with van der Waals surface area (Å²) in [6.45, 7) is 4.91. The highest BCUT2D eigenvalue weighted by Crippen LogP contribution is 2.59. The van der Waals surface area contributed by atoms with Gasteiger partial charge >= 0.3 is 5.97 Å². The number of carboxylic acid groups (broad SMARTS) is 1. The Morgan fingerprint density at radius 3 is 2.88 bits per heavy atom. The largest absolute Gasteiger partial charge is 0.481 e. The van der Waals surface area contributed by atoms with E-state index in [-0.39, 0.29) is 11.8 Å². The fraction of sp³-hybridized carbons (Fsp3) is 0.769. The van der Waals surface area contributed by atoms with E-state index in [4.69, 9.17) is 10.8 Å². The summed E-state index contributed by atoms with van der Waals surface area (Å²) in [4.78, 5) is 10.9. The van der Waals surface area contributed by atoms with Crippen LogP contribution >= 0.6 is 0 Å². The maximum absolute atomic E-state index is 10.9. The third kappa shape index (κ3) is 1.67. The van der Waals surface area contributed by atoms with Crippen LogP contribution in [0.1, 0.15) is 33.1 Å². The molecule has 3 heteroatoms. The molecule has 0 spiro atoms. The number of hydrogen-bond donors (Lipinski definition) is 2. The van der Waals surface area contributed by atoms with Crippen LogP contribution in [0.5, 0.6) is 0 Å². The minimum atomic E-state index is -0.713. The molecular weight excluding hydrogens is 202 g/mol. The van der Waals surface area contributed by atoms with Crippen LogP contribution in [0.3, 0.4) is 0 Å². The Morgan fingerprint density at radius 1 is 1.69 bits per heavy atom. The second-order valence-electron chi connectivity index (χ2n) is 5.73. The van der Waals surface area contributed by atoms with Gasteiger partial charge in [0.25, 0.3) is 0 Å². The number of hydrogen-bond acceptors (Lipinski definition) is 2. The van der Waals surface area contributed by atoms with Gasteiger partial charge in [-0.1, -0.05) is 25.5 Å². The summed E-state index contributed by atoms with van der Waals surface area (Å²) in [5.74, 6) is 0.965. The Hall–Kier alpha value is -0.830. The zero-order valence-corrected chi connectivity index (χ0v) is 10.1. The molecule has 3 nitrogen and oxygen atoms in total. The first kappa shape index (κ1) is 11.6. The normalized spacial score (nSPS) is 36.9. The molecule has 2 aliphatic rings. The molecule has 0 aromatic carbocycles. The fourth-order valence-corrected chi connectivity index (χ4v) is 3.45. The molecule has 16 heavy (non-hydrogen) atoms. The third-order valence-electron chi connectivity index (χ3n) is 4.43. The van der Waals surface area contributed by atoms with E-state index >= 15 is 0 Å². The Morgan fingerprint density at radius 2 is 2.38 bits per heavy atom. The summed E-state index contributed by atoms with van der Waals surface area (Å²) in [6.07, 6.45) is 4.69. The van der Waals surface area contributed by atoms with Gasteiger partial charge in [-0.05, 0) is 42.6 Å². The van der Waals surface area contributed by atoms with E-state index in [2.05, 4.69) is 19.9 Å². The molecule has 2 rings (SSSR count). The van der Waals surface area contributed by atoms with Gasteiger partial charge in [0.05, 0.1) is 6.42 Å². The quantitative estimate of drug-likeness (QED) is 0.717. The molecule has 0 bridgehead atoms. The molecule has 0 amide bonds. The molecule has 90 valence electrons. The average Bonchev–Trinajstić information content (AvgIpc) is 2.53. The number of fused-ring (bicyclic) bond motifs is 1. The predicted octanol–water partition coefficient (Wildman–Crippen LogP) is 2.03. The van der Waals surface area contributed by atoms with Crippen LogP contribution in [0, 0.1) is 23.2 Å². The summed E-state index contributed by atoms with van der Waals surface area (Å²) < 4.78 is 0. The highest BCUT2D eigenvalue weighted by atomic mass is 16.4. The first-order valence-corrected chi connectivity index (χ1v) is 6.11. The van der Waals surface area contributed by atoms with Crippen molar-refractivity contribution < 1.29 is 9.90 Å². The lowest BCUT2D eigenvalue weighted by atomic mass is 9.53. The lowest BCUT2D eigenvalue weighted by Gasteiger charge is -2.51. The van der Waals surface area contributed by atoms with Crippen LogP contribution in [0.2, 0.25) is 0 Å². The maximum Gasteiger partial charge on any atom is 0.303 e. The lowest BCUT2D eigenvalue weighted by Crippen LogP contribution is -2.51. The van der Waals surface area contributed by atoms with E-state index in [9.17, 15) is 4.79 Å². The van der Waals surface area contributed by atoms with Gasteiger partial charge < -0.3 is 10.8 Å². The third-order valence-corrected chi connectivity index (χ3v) is 4.43. The molecule has 0 saturated heterocycles. The summed E-state index contributed by atoms with van der Waals surface area (Å²) in [5.41, 5.74) is 7.15. The predicted molar refractivity (Wildman–Crippen MR) is 62.9 cm³/mol. The van der Waals surface area contributed by atoms with E-state index in [0.717, 1.165) is 12.8 Å². The number of carbonyl (C=O) groups is 1. The van der Waals surface area contributed by atoms with Crippen LogP contribution in [-0.4, -0.2) is 17.6 Å². The van der Waals surface area contributed by atoms with Crippen molar-refractivity contribution in [2.75, 3.05) is 6.54 Å². The lowest BCUT2D eigenvalue weighted by molar-refractivity contribution is -0.144.